The Bertz CT molecular complexity index is 500. The highest BCUT2D eigenvalue weighted by Gasteiger charge is 2.23. The van der Waals surface area contributed by atoms with Gasteiger partial charge < -0.3 is 15.0 Å². The molecule has 1 atom stereocenters. The van der Waals surface area contributed by atoms with E-state index in [1.54, 1.807) is 0 Å². The molecule has 1 heterocycles. The second-order valence-electron chi connectivity index (χ2n) is 5.27. The molecule has 7 heteroatoms. The zero-order valence-electron chi connectivity index (χ0n) is 12.5. The second kappa shape index (κ2) is 9.18. The molecule has 1 aliphatic rings. The van der Waals surface area contributed by atoms with E-state index in [2.05, 4.69) is 5.32 Å². The van der Waals surface area contributed by atoms with E-state index in [9.17, 15) is 9.18 Å². The Morgan fingerprint density at radius 2 is 2.32 bits per heavy atom. The second-order valence-corrected chi connectivity index (χ2v) is 5.68. The van der Waals surface area contributed by atoms with Crippen LogP contribution in [0.15, 0.2) is 18.2 Å². The van der Waals surface area contributed by atoms with Gasteiger partial charge in [-0.2, -0.15) is 0 Å². The lowest BCUT2D eigenvalue weighted by Gasteiger charge is -2.32. The summed E-state index contributed by atoms with van der Waals surface area (Å²) < 4.78 is 18.3. The molecule has 1 saturated heterocycles. The van der Waals surface area contributed by atoms with Gasteiger partial charge in [-0.1, -0.05) is 11.6 Å². The molecular formula is C15H21Cl2FN2O2. The van der Waals surface area contributed by atoms with Crippen molar-refractivity contribution in [3.63, 3.8) is 0 Å². The molecule has 0 spiro atoms. The van der Waals surface area contributed by atoms with Crippen molar-refractivity contribution in [2.75, 3.05) is 33.3 Å². The number of carbonyl (C=O) groups is 1. The topological polar surface area (TPSA) is 41.6 Å². The summed E-state index contributed by atoms with van der Waals surface area (Å²) in [5.74, 6) is 0.332. The normalized spacial score (nSPS) is 17.8. The maximum absolute atomic E-state index is 12.9. The Hall–Kier alpha value is -1.04. The smallest absolute Gasteiger partial charge is 0.260 e. The monoisotopic (exact) mass is 350 g/mol. The summed E-state index contributed by atoms with van der Waals surface area (Å²) in [6.45, 7) is 2.35. The lowest BCUT2D eigenvalue weighted by molar-refractivity contribution is -0.135. The van der Waals surface area contributed by atoms with Crippen LogP contribution in [0.3, 0.4) is 0 Å². The minimum atomic E-state index is -0.426. The summed E-state index contributed by atoms with van der Waals surface area (Å²) in [5, 5.41) is 3.32. The number of likely N-dealkylation sites (tertiary alicyclic amines) is 1. The Balaban J connectivity index is 0.00000242. The van der Waals surface area contributed by atoms with E-state index >= 15 is 0 Å². The molecular weight excluding hydrogens is 330 g/mol. The number of amides is 1. The molecule has 1 aliphatic heterocycles. The molecule has 0 radical (unpaired) electrons. The van der Waals surface area contributed by atoms with Gasteiger partial charge in [0.1, 0.15) is 11.6 Å². The van der Waals surface area contributed by atoms with Gasteiger partial charge in [0.2, 0.25) is 0 Å². The van der Waals surface area contributed by atoms with Gasteiger partial charge in [-0.15, -0.1) is 12.4 Å². The number of rotatable bonds is 5. The van der Waals surface area contributed by atoms with Crippen molar-refractivity contribution in [3.05, 3.63) is 29.0 Å². The Morgan fingerprint density at radius 3 is 3.00 bits per heavy atom. The molecule has 1 N–H and O–H groups in total. The number of hydrogen-bond donors (Lipinski definition) is 1. The molecule has 1 aromatic carbocycles. The average molecular weight is 351 g/mol. The third-order valence-corrected chi connectivity index (χ3v) is 3.90. The standard InChI is InChI=1S/C15H20ClFN2O2.ClH/c1-18-8-11-3-2-6-19(9-11)15(20)10-21-14-5-4-12(17)7-13(14)16;/h4-5,7,11,18H,2-3,6,8-10H2,1H3;1H. The molecule has 2 rings (SSSR count). The average Bonchev–Trinajstić information content (AvgIpc) is 2.47. The summed E-state index contributed by atoms with van der Waals surface area (Å²) in [6, 6.07) is 3.87. The minimum absolute atomic E-state index is 0. The summed E-state index contributed by atoms with van der Waals surface area (Å²) in [7, 11) is 1.92. The first-order valence-electron chi connectivity index (χ1n) is 7.10. The quantitative estimate of drug-likeness (QED) is 0.887. The van der Waals surface area contributed by atoms with Crippen molar-refractivity contribution in [1.29, 1.82) is 0 Å². The van der Waals surface area contributed by atoms with Crippen LogP contribution in [0.4, 0.5) is 4.39 Å². The van der Waals surface area contributed by atoms with Gasteiger partial charge in [0.25, 0.3) is 5.91 Å². The SMILES string of the molecule is CNCC1CCCN(C(=O)COc2ccc(F)cc2Cl)C1.Cl. The molecule has 0 aliphatic carbocycles. The number of nitrogens with zero attached hydrogens (tertiary/aromatic N) is 1. The van der Waals surface area contributed by atoms with E-state index < -0.39 is 5.82 Å². The molecule has 124 valence electrons. The predicted octanol–water partition coefficient (Wildman–Crippen LogP) is 2.74. The van der Waals surface area contributed by atoms with E-state index in [1.165, 1.54) is 18.2 Å². The van der Waals surface area contributed by atoms with Crippen molar-refractivity contribution in [2.24, 2.45) is 5.92 Å². The number of benzene rings is 1. The zero-order valence-corrected chi connectivity index (χ0v) is 14.1. The minimum Gasteiger partial charge on any atom is -0.482 e. The molecule has 0 aromatic heterocycles. The number of nitrogens with one attached hydrogen (secondary N) is 1. The first-order valence-corrected chi connectivity index (χ1v) is 7.48. The van der Waals surface area contributed by atoms with Crippen molar-refractivity contribution in [2.45, 2.75) is 12.8 Å². The number of ether oxygens (including phenoxy) is 1. The van der Waals surface area contributed by atoms with E-state index in [1.807, 2.05) is 11.9 Å². The summed E-state index contributed by atoms with van der Waals surface area (Å²) >= 11 is 5.86. The summed E-state index contributed by atoms with van der Waals surface area (Å²) in [6.07, 6.45) is 2.14. The highest BCUT2D eigenvalue weighted by Crippen LogP contribution is 2.25. The Labute approximate surface area is 141 Å². The highest BCUT2D eigenvalue weighted by molar-refractivity contribution is 6.32. The van der Waals surface area contributed by atoms with E-state index in [0.717, 1.165) is 32.5 Å². The van der Waals surface area contributed by atoms with E-state index in [0.29, 0.717) is 11.7 Å². The van der Waals surface area contributed by atoms with E-state index in [-0.39, 0.29) is 29.9 Å². The van der Waals surface area contributed by atoms with Crippen molar-refractivity contribution in [1.82, 2.24) is 10.2 Å². The van der Waals surface area contributed by atoms with Crippen LogP contribution in [-0.4, -0.2) is 44.1 Å². The van der Waals surface area contributed by atoms with Crippen LogP contribution in [-0.2, 0) is 4.79 Å². The molecule has 1 fully saturated rings. The number of hydrogen-bond acceptors (Lipinski definition) is 3. The first kappa shape index (κ1) is 19.0. The molecule has 0 saturated carbocycles. The predicted molar refractivity (Wildman–Crippen MR) is 87.4 cm³/mol. The maximum Gasteiger partial charge on any atom is 0.260 e. The van der Waals surface area contributed by atoms with Gasteiger partial charge in [-0.3, -0.25) is 4.79 Å². The van der Waals surface area contributed by atoms with Gasteiger partial charge in [-0.25, -0.2) is 4.39 Å². The Kier molecular flexibility index (Phi) is 7.93. The van der Waals surface area contributed by atoms with Crippen LogP contribution in [0, 0.1) is 11.7 Å². The van der Waals surface area contributed by atoms with Crippen molar-refractivity contribution in [3.8, 4) is 5.75 Å². The number of carbonyl (C=O) groups excluding carboxylic acids is 1. The van der Waals surface area contributed by atoms with Gasteiger partial charge in [-0.05, 0) is 50.6 Å². The fraction of sp³-hybridized carbons (Fsp3) is 0.533. The van der Waals surface area contributed by atoms with Crippen molar-refractivity contribution >= 4 is 29.9 Å². The van der Waals surface area contributed by atoms with Gasteiger partial charge in [0.15, 0.2) is 6.61 Å². The third-order valence-electron chi connectivity index (χ3n) is 3.61. The number of piperidine rings is 1. The summed E-state index contributed by atoms with van der Waals surface area (Å²) in [5.41, 5.74) is 0. The lowest BCUT2D eigenvalue weighted by Crippen LogP contribution is -2.44. The number of halogens is 3. The fourth-order valence-electron chi connectivity index (χ4n) is 2.57. The fourth-order valence-corrected chi connectivity index (χ4v) is 2.79. The van der Waals surface area contributed by atoms with Crippen LogP contribution < -0.4 is 10.1 Å². The van der Waals surface area contributed by atoms with E-state index in [4.69, 9.17) is 16.3 Å². The molecule has 4 nitrogen and oxygen atoms in total. The molecule has 22 heavy (non-hydrogen) atoms. The lowest BCUT2D eigenvalue weighted by atomic mass is 9.98. The maximum atomic E-state index is 12.9. The van der Waals surface area contributed by atoms with Crippen molar-refractivity contribution < 1.29 is 13.9 Å². The van der Waals surface area contributed by atoms with Crippen LogP contribution in [0.2, 0.25) is 5.02 Å². The molecule has 1 unspecified atom stereocenters. The molecule has 1 amide bonds. The largest absolute Gasteiger partial charge is 0.482 e. The Morgan fingerprint density at radius 1 is 1.55 bits per heavy atom. The first-order chi connectivity index (χ1) is 10.1. The molecule has 0 bridgehead atoms. The van der Waals surface area contributed by atoms with Crippen LogP contribution in [0.5, 0.6) is 5.75 Å². The van der Waals surface area contributed by atoms with Crippen LogP contribution in [0.1, 0.15) is 12.8 Å². The summed E-state index contributed by atoms with van der Waals surface area (Å²) in [4.78, 5) is 14.0. The third kappa shape index (κ3) is 5.30. The van der Waals surface area contributed by atoms with Gasteiger partial charge in [0, 0.05) is 13.1 Å². The molecule has 1 aromatic rings. The zero-order chi connectivity index (χ0) is 15.2. The highest BCUT2D eigenvalue weighted by atomic mass is 35.5. The van der Waals surface area contributed by atoms with Crippen LogP contribution >= 0.6 is 24.0 Å². The van der Waals surface area contributed by atoms with Gasteiger partial charge >= 0.3 is 0 Å². The van der Waals surface area contributed by atoms with Crippen LogP contribution in [0.25, 0.3) is 0 Å². The van der Waals surface area contributed by atoms with Gasteiger partial charge in [0.05, 0.1) is 5.02 Å².